The van der Waals surface area contributed by atoms with Gasteiger partial charge in [-0.2, -0.15) is 0 Å². The Bertz CT molecular complexity index is 29.9. The molecule has 5 N–H and O–H groups in total. The van der Waals surface area contributed by atoms with Crippen LogP contribution in [-0.4, -0.2) is 5.96 Å². The van der Waals surface area contributed by atoms with Gasteiger partial charge in [-0.15, -0.1) is 12.4 Å². The highest BCUT2D eigenvalue weighted by atomic mass is 35.5. The molecule has 0 amide bonds. The molecular weight excluding hydrogens is 93.5 g/mol. The molecule has 0 aliphatic carbocycles. The Morgan fingerprint density at radius 2 is 1.40 bits per heavy atom. The predicted octanol–water partition coefficient (Wildman–Crippen LogP) is -0.740. The van der Waals surface area contributed by atoms with Gasteiger partial charge in [0.05, 0.1) is 0 Å². The van der Waals surface area contributed by atoms with Crippen molar-refractivity contribution in [2.24, 2.45) is 11.5 Å². The summed E-state index contributed by atoms with van der Waals surface area (Å²) in [4.78, 5) is 0. The quantitative estimate of drug-likeness (QED) is 0.162. The third-order valence-corrected chi connectivity index (χ3v) is 0. The molecule has 0 aromatic rings. The highest BCUT2D eigenvalue weighted by Gasteiger charge is 1.52. The maximum atomic E-state index is 6.06. The topological polar surface area (TPSA) is 75.9 Å². The first-order valence-corrected chi connectivity index (χ1v) is 0.827. The van der Waals surface area contributed by atoms with Crippen molar-refractivity contribution in [2.45, 2.75) is 0 Å². The molecular formula is CH6ClN3. The molecule has 0 aliphatic rings. The van der Waals surface area contributed by atoms with Gasteiger partial charge in [-0.25, -0.2) is 0 Å². The molecule has 4 heteroatoms. The van der Waals surface area contributed by atoms with Crippen molar-refractivity contribution in [1.82, 2.24) is 0 Å². The van der Waals surface area contributed by atoms with E-state index in [1.807, 2.05) is 0 Å². The van der Waals surface area contributed by atoms with Crippen LogP contribution in [-0.2, 0) is 0 Å². The van der Waals surface area contributed by atoms with Crippen LogP contribution in [0.4, 0.5) is 0 Å². The van der Waals surface area contributed by atoms with E-state index in [9.17, 15) is 0 Å². The fourth-order valence-electron chi connectivity index (χ4n) is 0. The predicted molar refractivity (Wildman–Crippen MR) is 23.3 cm³/mol. The van der Waals surface area contributed by atoms with Gasteiger partial charge >= 0.3 is 0 Å². The second kappa shape index (κ2) is 3.56. The van der Waals surface area contributed by atoms with E-state index >= 15 is 0 Å². The summed E-state index contributed by atoms with van der Waals surface area (Å²) in [6, 6.07) is 0. The van der Waals surface area contributed by atoms with Crippen LogP contribution in [0.1, 0.15) is 0 Å². The van der Waals surface area contributed by atoms with Crippen LogP contribution in [0.3, 0.4) is 0 Å². The van der Waals surface area contributed by atoms with Crippen LogP contribution in [0.5, 0.6) is 0 Å². The zero-order valence-corrected chi connectivity index (χ0v) is 3.38. The molecule has 0 atom stereocenters. The van der Waals surface area contributed by atoms with Crippen LogP contribution in [0, 0.1) is 5.41 Å². The van der Waals surface area contributed by atoms with E-state index in [1.165, 1.54) is 0 Å². The molecule has 0 aliphatic heterocycles. The van der Waals surface area contributed by atoms with E-state index in [-0.39, 0.29) is 18.4 Å². The normalized spacial score (nSPS) is 4.80. The number of guanidine groups is 1. The Morgan fingerprint density at radius 1 is 1.40 bits per heavy atom. The first-order valence-electron chi connectivity index (χ1n) is 0.827. The first-order chi connectivity index (χ1) is 1.73. The lowest BCUT2D eigenvalue weighted by Crippen LogP contribution is -2.20. The number of hydrogen-bond acceptors (Lipinski definition) is 1. The van der Waals surface area contributed by atoms with E-state index in [4.69, 9.17) is 5.41 Å². The lowest BCUT2D eigenvalue weighted by Gasteiger charge is -1.69. The van der Waals surface area contributed by atoms with Gasteiger partial charge in [0.25, 0.3) is 0 Å². The van der Waals surface area contributed by atoms with Gasteiger partial charge in [0, 0.05) is 0 Å². The van der Waals surface area contributed by atoms with Crippen LogP contribution >= 0.6 is 12.4 Å². The molecule has 0 unspecified atom stereocenters. The number of nitrogens with one attached hydrogen (secondary N) is 1. The third-order valence-electron chi connectivity index (χ3n) is 0. The molecule has 0 rings (SSSR count). The zero-order valence-electron chi connectivity index (χ0n) is 2.56. The van der Waals surface area contributed by atoms with Crippen molar-refractivity contribution in [1.29, 1.82) is 5.41 Å². The van der Waals surface area contributed by atoms with Gasteiger partial charge in [-0.05, 0) is 0 Å². The highest BCUT2D eigenvalue weighted by molar-refractivity contribution is 5.85. The van der Waals surface area contributed by atoms with E-state index in [1.54, 1.807) is 0 Å². The van der Waals surface area contributed by atoms with E-state index in [0.717, 1.165) is 0 Å². The Hall–Kier alpha value is -0.440. The van der Waals surface area contributed by atoms with E-state index in [0.29, 0.717) is 0 Å². The Labute approximate surface area is 36.3 Å². The third kappa shape index (κ3) is 44.8. The molecule has 0 saturated heterocycles. The number of rotatable bonds is 0. The summed E-state index contributed by atoms with van der Waals surface area (Å²) in [5, 5.41) is 6.06. The van der Waals surface area contributed by atoms with Crippen LogP contribution < -0.4 is 11.5 Å². The highest BCUT2D eigenvalue weighted by Crippen LogP contribution is 1.13. The smallest absolute Gasteiger partial charge is 0.183 e. The summed E-state index contributed by atoms with van der Waals surface area (Å²) in [7, 11) is 0. The standard InChI is InChI=1S/CH5N3.ClH/c2-1(3)4;/h(H5,2,3,4);1H/i1+1,2+1,3+1,4+1;. The SMILES string of the molecule is Cl.[15NH]=[13C]([15NH2])[15NH2]. The minimum atomic E-state index is -0.333. The summed E-state index contributed by atoms with van der Waals surface area (Å²) < 4.78 is 0. The van der Waals surface area contributed by atoms with Gasteiger partial charge in [0.2, 0.25) is 0 Å². The lowest BCUT2D eigenvalue weighted by molar-refractivity contribution is 1.39. The minimum absolute atomic E-state index is 0. The van der Waals surface area contributed by atoms with Crippen LogP contribution in [0.15, 0.2) is 0 Å². The summed E-state index contributed by atoms with van der Waals surface area (Å²) in [6.07, 6.45) is 0. The van der Waals surface area contributed by atoms with Crippen molar-refractivity contribution >= 4 is 18.4 Å². The molecule has 0 spiro atoms. The maximum Gasteiger partial charge on any atom is 0.183 e. The van der Waals surface area contributed by atoms with Crippen LogP contribution in [0.2, 0.25) is 0 Å². The summed E-state index contributed by atoms with van der Waals surface area (Å²) in [5.74, 6) is -0.333. The molecule has 0 heterocycles. The summed E-state index contributed by atoms with van der Waals surface area (Å²) in [6.45, 7) is 0. The fraction of sp³-hybridized carbons (Fsp3) is 0. The van der Waals surface area contributed by atoms with E-state index in [2.05, 4.69) is 11.5 Å². The zero-order chi connectivity index (χ0) is 3.58. The van der Waals surface area contributed by atoms with Crippen molar-refractivity contribution in [3.63, 3.8) is 0 Å². The van der Waals surface area contributed by atoms with Gasteiger partial charge < -0.3 is 11.5 Å². The van der Waals surface area contributed by atoms with Gasteiger partial charge in [-0.3, -0.25) is 5.41 Å². The average Bonchev–Trinajstić information content (AvgIpc) is 0.811. The van der Waals surface area contributed by atoms with Crippen molar-refractivity contribution in [3.8, 4) is 0 Å². The molecule has 0 radical (unpaired) electrons. The average molecular weight is 99.5 g/mol. The summed E-state index contributed by atoms with van der Waals surface area (Å²) >= 11 is 0. The minimum Gasteiger partial charge on any atom is -0.370 e. The molecule has 5 heavy (non-hydrogen) atoms. The summed E-state index contributed by atoms with van der Waals surface area (Å²) in [5.41, 5.74) is 8.94. The largest absolute Gasteiger partial charge is 0.370 e. The monoisotopic (exact) mass is 99.0 g/mol. The molecule has 0 aromatic heterocycles. The van der Waals surface area contributed by atoms with Crippen molar-refractivity contribution in [2.75, 3.05) is 0 Å². The number of nitrogens with two attached hydrogens (primary N) is 2. The molecule has 0 aromatic carbocycles. The van der Waals surface area contributed by atoms with Gasteiger partial charge in [-0.1, -0.05) is 0 Å². The molecule has 0 bridgehead atoms. The lowest BCUT2D eigenvalue weighted by atomic mass is 12.1. The molecule has 0 fully saturated rings. The first kappa shape index (κ1) is 8.82. The second-order valence-corrected chi connectivity index (χ2v) is 0.455. The second-order valence-electron chi connectivity index (χ2n) is 0.455. The van der Waals surface area contributed by atoms with Crippen molar-refractivity contribution in [3.05, 3.63) is 0 Å². The number of halogens is 1. The molecule has 3 nitrogen and oxygen atoms in total. The van der Waals surface area contributed by atoms with E-state index < -0.39 is 0 Å². The van der Waals surface area contributed by atoms with Gasteiger partial charge in [0.15, 0.2) is 5.96 Å². The molecule has 32 valence electrons. The Balaban J connectivity index is 0. The Kier molecular flexibility index (Phi) is 6.28. The van der Waals surface area contributed by atoms with Crippen LogP contribution in [0.25, 0.3) is 0 Å². The van der Waals surface area contributed by atoms with Gasteiger partial charge in [0.1, 0.15) is 0 Å². The maximum absolute atomic E-state index is 6.06. The van der Waals surface area contributed by atoms with Crippen molar-refractivity contribution < 1.29 is 0 Å². The molecule has 0 saturated carbocycles. The fourth-order valence-corrected chi connectivity index (χ4v) is 0. The Morgan fingerprint density at radius 3 is 1.40 bits per heavy atom. The number of hydrogen-bond donors (Lipinski definition) is 3.